The first kappa shape index (κ1) is 8.31. The van der Waals surface area contributed by atoms with Crippen molar-refractivity contribution in [1.29, 1.82) is 0 Å². The van der Waals surface area contributed by atoms with Crippen molar-refractivity contribution in [2.75, 3.05) is 18.0 Å². The molecule has 0 aliphatic carbocycles. The van der Waals surface area contributed by atoms with Crippen molar-refractivity contribution in [3.8, 4) is 0 Å². The number of oxazole rings is 1. The SMILES string of the molecule is Cc1oc(N2CC=CC2)nc1CO. The fourth-order valence-electron chi connectivity index (χ4n) is 1.33. The van der Waals surface area contributed by atoms with Crippen LogP contribution in [-0.2, 0) is 6.61 Å². The summed E-state index contributed by atoms with van der Waals surface area (Å²) in [5, 5.41) is 8.92. The molecule has 0 amide bonds. The molecule has 0 atom stereocenters. The molecule has 1 aromatic heterocycles. The Kier molecular flexibility index (Phi) is 2.06. The van der Waals surface area contributed by atoms with Crippen molar-refractivity contribution < 1.29 is 9.52 Å². The molecule has 0 fully saturated rings. The molecular weight excluding hydrogens is 168 g/mol. The van der Waals surface area contributed by atoms with Crippen molar-refractivity contribution in [3.63, 3.8) is 0 Å². The standard InChI is InChI=1S/C9H12N2O2/c1-7-8(6-12)10-9(13-7)11-4-2-3-5-11/h2-3,12H,4-6H2,1H3. The molecule has 13 heavy (non-hydrogen) atoms. The average Bonchev–Trinajstić information content (AvgIpc) is 2.71. The second-order valence-corrected chi connectivity index (χ2v) is 3.03. The molecule has 2 heterocycles. The van der Waals surface area contributed by atoms with Crippen molar-refractivity contribution in [3.05, 3.63) is 23.6 Å². The van der Waals surface area contributed by atoms with E-state index in [9.17, 15) is 0 Å². The van der Waals surface area contributed by atoms with E-state index in [2.05, 4.69) is 17.1 Å². The van der Waals surface area contributed by atoms with Crippen molar-refractivity contribution in [1.82, 2.24) is 4.98 Å². The molecule has 1 aromatic rings. The van der Waals surface area contributed by atoms with Crippen LogP contribution in [0.5, 0.6) is 0 Å². The van der Waals surface area contributed by atoms with E-state index in [1.807, 2.05) is 11.8 Å². The predicted octanol–water partition coefficient (Wildman–Crippen LogP) is 0.852. The highest BCUT2D eigenvalue weighted by atomic mass is 16.4. The van der Waals surface area contributed by atoms with Gasteiger partial charge < -0.3 is 14.4 Å². The van der Waals surface area contributed by atoms with Crippen LogP contribution in [0.3, 0.4) is 0 Å². The number of aromatic nitrogens is 1. The second kappa shape index (κ2) is 3.22. The Balaban J connectivity index is 2.21. The summed E-state index contributed by atoms with van der Waals surface area (Å²) in [4.78, 5) is 6.19. The van der Waals surface area contributed by atoms with Crippen LogP contribution in [-0.4, -0.2) is 23.2 Å². The number of anilines is 1. The van der Waals surface area contributed by atoms with Crippen molar-refractivity contribution in [2.24, 2.45) is 0 Å². The summed E-state index contributed by atoms with van der Waals surface area (Å²) in [5.74, 6) is 0.699. The van der Waals surface area contributed by atoms with Gasteiger partial charge in [-0.3, -0.25) is 0 Å². The highest BCUT2D eigenvalue weighted by molar-refractivity contribution is 5.34. The van der Waals surface area contributed by atoms with Crippen LogP contribution in [0.4, 0.5) is 6.01 Å². The lowest BCUT2D eigenvalue weighted by Gasteiger charge is -2.10. The Morgan fingerprint density at radius 2 is 2.23 bits per heavy atom. The Labute approximate surface area is 76.5 Å². The Bertz CT molecular complexity index is 322. The largest absolute Gasteiger partial charge is 0.429 e. The van der Waals surface area contributed by atoms with Crippen LogP contribution in [0.25, 0.3) is 0 Å². The topological polar surface area (TPSA) is 49.5 Å². The highest BCUT2D eigenvalue weighted by Gasteiger charge is 2.15. The molecule has 1 aliphatic rings. The molecule has 0 bridgehead atoms. The molecule has 1 aliphatic heterocycles. The number of nitrogens with zero attached hydrogens (tertiary/aromatic N) is 2. The van der Waals surface area contributed by atoms with E-state index in [1.165, 1.54) is 0 Å². The third-order valence-corrected chi connectivity index (χ3v) is 2.12. The van der Waals surface area contributed by atoms with Gasteiger partial charge in [-0.05, 0) is 6.92 Å². The first-order valence-electron chi connectivity index (χ1n) is 4.28. The monoisotopic (exact) mass is 180 g/mol. The molecule has 0 unspecified atom stereocenters. The van der Waals surface area contributed by atoms with Crippen molar-refractivity contribution >= 4 is 6.01 Å². The lowest BCUT2D eigenvalue weighted by molar-refractivity contribution is 0.275. The van der Waals surface area contributed by atoms with Crippen LogP contribution in [0.2, 0.25) is 0 Å². The number of aliphatic hydroxyl groups excluding tert-OH is 1. The van der Waals surface area contributed by atoms with Crippen molar-refractivity contribution in [2.45, 2.75) is 13.5 Å². The zero-order valence-corrected chi connectivity index (χ0v) is 7.53. The fourth-order valence-corrected chi connectivity index (χ4v) is 1.33. The third kappa shape index (κ3) is 1.45. The van der Waals surface area contributed by atoms with E-state index in [0.717, 1.165) is 13.1 Å². The summed E-state index contributed by atoms with van der Waals surface area (Å²) in [6.07, 6.45) is 4.14. The maximum Gasteiger partial charge on any atom is 0.298 e. The summed E-state index contributed by atoms with van der Waals surface area (Å²) in [6.45, 7) is 3.43. The smallest absolute Gasteiger partial charge is 0.298 e. The summed E-state index contributed by atoms with van der Waals surface area (Å²) < 4.78 is 5.40. The average molecular weight is 180 g/mol. The number of hydrogen-bond donors (Lipinski definition) is 1. The van der Waals surface area contributed by atoms with E-state index >= 15 is 0 Å². The lowest BCUT2D eigenvalue weighted by Crippen LogP contribution is -2.18. The zero-order valence-electron chi connectivity index (χ0n) is 7.53. The molecule has 0 spiro atoms. The first-order chi connectivity index (χ1) is 6.31. The molecular formula is C9H12N2O2. The minimum atomic E-state index is -0.0589. The maximum atomic E-state index is 8.92. The Morgan fingerprint density at radius 3 is 2.77 bits per heavy atom. The van der Waals surface area contributed by atoms with E-state index in [-0.39, 0.29) is 6.61 Å². The van der Waals surface area contributed by atoms with Gasteiger partial charge in [0.25, 0.3) is 6.01 Å². The van der Waals surface area contributed by atoms with Gasteiger partial charge in [-0.1, -0.05) is 12.2 Å². The molecule has 70 valence electrons. The number of hydrogen-bond acceptors (Lipinski definition) is 4. The summed E-state index contributed by atoms with van der Waals surface area (Å²) in [7, 11) is 0. The normalized spacial score (nSPS) is 15.7. The van der Waals surface area contributed by atoms with Gasteiger partial charge in [0.05, 0.1) is 6.61 Å². The molecule has 0 aromatic carbocycles. The maximum absolute atomic E-state index is 8.92. The molecule has 2 rings (SSSR count). The minimum Gasteiger partial charge on any atom is -0.429 e. The highest BCUT2D eigenvalue weighted by Crippen LogP contribution is 2.19. The summed E-state index contributed by atoms with van der Waals surface area (Å²) in [6, 6.07) is 0.603. The lowest BCUT2D eigenvalue weighted by atomic mass is 10.4. The number of aliphatic hydroxyl groups is 1. The Morgan fingerprint density at radius 1 is 1.54 bits per heavy atom. The van der Waals surface area contributed by atoms with Gasteiger partial charge in [-0.15, -0.1) is 0 Å². The minimum absolute atomic E-state index is 0.0589. The Hall–Kier alpha value is -1.29. The molecule has 0 saturated carbocycles. The van der Waals surface area contributed by atoms with Crippen LogP contribution in [0.1, 0.15) is 11.5 Å². The van der Waals surface area contributed by atoms with Gasteiger partial charge in [0.15, 0.2) is 0 Å². The van der Waals surface area contributed by atoms with Gasteiger partial charge in [0.2, 0.25) is 0 Å². The van der Waals surface area contributed by atoms with Gasteiger partial charge in [-0.25, -0.2) is 0 Å². The summed E-state index contributed by atoms with van der Waals surface area (Å²) in [5.41, 5.74) is 0.627. The van der Waals surface area contributed by atoms with Gasteiger partial charge in [0.1, 0.15) is 11.5 Å². The fraction of sp³-hybridized carbons (Fsp3) is 0.444. The van der Waals surface area contributed by atoms with Gasteiger partial charge in [0, 0.05) is 13.1 Å². The molecule has 4 heteroatoms. The third-order valence-electron chi connectivity index (χ3n) is 2.12. The first-order valence-corrected chi connectivity index (χ1v) is 4.28. The van der Waals surface area contributed by atoms with Crippen LogP contribution < -0.4 is 4.90 Å². The quantitative estimate of drug-likeness (QED) is 0.685. The van der Waals surface area contributed by atoms with E-state index in [0.29, 0.717) is 17.5 Å². The van der Waals surface area contributed by atoms with E-state index in [1.54, 1.807) is 0 Å². The molecule has 1 N–H and O–H groups in total. The van der Waals surface area contributed by atoms with Gasteiger partial charge in [-0.2, -0.15) is 4.98 Å². The predicted molar refractivity (Wildman–Crippen MR) is 48.5 cm³/mol. The number of rotatable bonds is 2. The van der Waals surface area contributed by atoms with Crippen LogP contribution >= 0.6 is 0 Å². The van der Waals surface area contributed by atoms with Gasteiger partial charge >= 0.3 is 0 Å². The van der Waals surface area contributed by atoms with E-state index < -0.39 is 0 Å². The molecule has 0 saturated heterocycles. The molecule has 4 nitrogen and oxygen atoms in total. The van der Waals surface area contributed by atoms with Crippen LogP contribution in [0.15, 0.2) is 16.6 Å². The number of aryl methyl sites for hydroxylation is 1. The van der Waals surface area contributed by atoms with E-state index in [4.69, 9.17) is 9.52 Å². The summed E-state index contributed by atoms with van der Waals surface area (Å²) >= 11 is 0. The zero-order chi connectivity index (χ0) is 9.26. The second-order valence-electron chi connectivity index (χ2n) is 3.03. The van der Waals surface area contributed by atoms with Crippen LogP contribution in [0, 0.1) is 6.92 Å². The molecule has 0 radical (unpaired) electrons.